The van der Waals surface area contributed by atoms with Gasteiger partial charge in [0.25, 0.3) is 0 Å². The fraction of sp³-hybridized carbons (Fsp3) is 0.0909. The maximum absolute atomic E-state index is 14.4. The fourth-order valence-electron chi connectivity index (χ4n) is 2.90. The van der Waals surface area contributed by atoms with E-state index in [0.717, 1.165) is 11.1 Å². The minimum atomic E-state index is -0.564. The summed E-state index contributed by atoms with van der Waals surface area (Å²) in [7, 11) is 0. The van der Waals surface area contributed by atoms with Gasteiger partial charge in [0.1, 0.15) is 12.3 Å². The maximum Gasteiger partial charge on any atom is 0.195 e. The molecule has 0 bridgehead atoms. The molecule has 0 aliphatic rings. The van der Waals surface area contributed by atoms with Crippen molar-refractivity contribution in [1.29, 1.82) is 0 Å². The van der Waals surface area contributed by atoms with Crippen molar-refractivity contribution < 1.29 is 13.9 Å². The molecule has 0 unspecified atom stereocenters. The van der Waals surface area contributed by atoms with Crippen molar-refractivity contribution in [2.45, 2.75) is 13.5 Å². The van der Waals surface area contributed by atoms with E-state index in [2.05, 4.69) is 9.97 Å². The summed E-state index contributed by atoms with van der Waals surface area (Å²) in [5.41, 5.74) is 3.46. The minimum absolute atomic E-state index is 0.118. The Hall–Kier alpha value is -3.47. The largest absolute Gasteiger partial charge is 0.486 e. The van der Waals surface area contributed by atoms with Crippen LogP contribution >= 0.6 is 0 Å². The number of ether oxygens (including phenoxy) is 1. The lowest BCUT2D eigenvalue weighted by Crippen LogP contribution is -2.03. The zero-order chi connectivity index (χ0) is 18.8. The smallest absolute Gasteiger partial charge is 0.195 e. The first-order chi connectivity index (χ1) is 13.1. The molecule has 0 fully saturated rings. The van der Waals surface area contributed by atoms with Crippen molar-refractivity contribution >= 4 is 16.8 Å². The van der Waals surface area contributed by atoms with Gasteiger partial charge in [0.2, 0.25) is 0 Å². The zero-order valence-electron chi connectivity index (χ0n) is 14.7. The van der Waals surface area contributed by atoms with Gasteiger partial charge in [-0.25, -0.2) is 9.37 Å². The number of aromatic amines is 1. The molecule has 0 aliphatic carbocycles. The molecule has 5 heteroatoms. The van der Waals surface area contributed by atoms with Gasteiger partial charge in [-0.3, -0.25) is 4.79 Å². The van der Waals surface area contributed by atoms with Crippen LogP contribution in [0.5, 0.6) is 5.75 Å². The van der Waals surface area contributed by atoms with E-state index < -0.39 is 5.82 Å². The number of carbonyl (C=O) groups is 1. The number of nitrogens with zero attached hydrogens (tertiary/aromatic N) is 1. The fourth-order valence-corrected chi connectivity index (χ4v) is 2.90. The highest BCUT2D eigenvalue weighted by Gasteiger charge is 2.16. The molecule has 4 aromatic rings. The lowest BCUT2D eigenvalue weighted by Gasteiger charge is -2.09. The second-order valence-electron chi connectivity index (χ2n) is 6.35. The molecular formula is C22H17FN2O2. The second kappa shape index (κ2) is 7.03. The lowest BCUT2D eigenvalue weighted by molar-refractivity contribution is 0.103. The van der Waals surface area contributed by atoms with Gasteiger partial charge in [0.05, 0.1) is 0 Å². The van der Waals surface area contributed by atoms with E-state index in [9.17, 15) is 9.18 Å². The second-order valence-corrected chi connectivity index (χ2v) is 6.35. The predicted octanol–water partition coefficient (Wildman–Crippen LogP) is 4.82. The average molecular weight is 360 g/mol. The van der Waals surface area contributed by atoms with Crippen LogP contribution in [0.25, 0.3) is 11.0 Å². The average Bonchev–Trinajstić information content (AvgIpc) is 3.12. The Morgan fingerprint density at radius 1 is 1.15 bits per heavy atom. The Morgan fingerprint density at radius 2 is 1.96 bits per heavy atom. The van der Waals surface area contributed by atoms with Crippen LogP contribution in [0.2, 0.25) is 0 Å². The highest BCUT2D eigenvalue weighted by atomic mass is 19.1. The molecule has 4 rings (SSSR count). The van der Waals surface area contributed by atoms with Gasteiger partial charge >= 0.3 is 0 Å². The quantitative estimate of drug-likeness (QED) is 0.519. The molecule has 1 N–H and O–H groups in total. The molecule has 134 valence electrons. The Labute approximate surface area is 155 Å². The third kappa shape index (κ3) is 3.44. The minimum Gasteiger partial charge on any atom is -0.486 e. The molecule has 2 aromatic carbocycles. The van der Waals surface area contributed by atoms with Gasteiger partial charge in [0.15, 0.2) is 17.3 Å². The number of benzene rings is 2. The molecule has 0 amide bonds. The van der Waals surface area contributed by atoms with Crippen molar-refractivity contribution in [3.05, 3.63) is 95.1 Å². The summed E-state index contributed by atoms with van der Waals surface area (Å²) in [5.74, 6) is -0.711. The molecule has 0 atom stereocenters. The molecule has 0 spiro atoms. The number of hydrogen-bond acceptors (Lipinski definition) is 3. The van der Waals surface area contributed by atoms with Crippen LogP contribution in [-0.4, -0.2) is 15.8 Å². The van der Waals surface area contributed by atoms with Crippen molar-refractivity contribution in [2.24, 2.45) is 0 Å². The number of aryl methyl sites for hydroxylation is 1. The summed E-state index contributed by atoms with van der Waals surface area (Å²) in [6, 6.07) is 15.7. The first-order valence-corrected chi connectivity index (χ1v) is 8.56. The number of hydrogen-bond donors (Lipinski definition) is 1. The van der Waals surface area contributed by atoms with Gasteiger partial charge in [-0.05, 0) is 42.8 Å². The summed E-state index contributed by atoms with van der Waals surface area (Å²) < 4.78 is 20.0. The first-order valence-electron chi connectivity index (χ1n) is 8.56. The number of pyridine rings is 1. The van der Waals surface area contributed by atoms with Crippen molar-refractivity contribution in [2.75, 3.05) is 0 Å². The number of nitrogens with one attached hydrogen (secondary N) is 1. The van der Waals surface area contributed by atoms with E-state index in [1.807, 2.05) is 37.3 Å². The van der Waals surface area contributed by atoms with Gasteiger partial charge in [-0.2, -0.15) is 0 Å². The van der Waals surface area contributed by atoms with Crippen LogP contribution in [0.1, 0.15) is 27.0 Å². The third-order valence-corrected chi connectivity index (χ3v) is 4.40. The number of rotatable bonds is 5. The predicted molar refractivity (Wildman–Crippen MR) is 101 cm³/mol. The van der Waals surface area contributed by atoms with Crippen LogP contribution in [0.15, 0.2) is 67.0 Å². The standard InChI is InChI=1S/C22H17FN2O2/c1-14-4-6-15(7-5-14)13-27-20-9-8-16(11-19(20)23)21(26)18-12-25-22-17(18)3-2-10-24-22/h2-12H,13H2,1H3,(H,24,25). The van der Waals surface area contributed by atoms with Gasteiger partial charge in [-0.15, -0.1) is 0 Å². The van der Waals surface area contributed by atoms with Crippen molar-refractivity contribution in [1.82, 2.24) is 9.97 Å². The number of halogens is 1. The van der Waals surface area contributed by atoms with E-state index in [1.54, 1.807) is 24.5 Å². The molecule has 27 heavy (non-hydrogen) atoms. The number of aromatic nitrogens is 2. The Kier molecular flexibility index (Phi) is 4.42. The molecular weight excluding hydrogens is 343 g/mol. The molecule has 4 nitrogen and oxygen atoms in total. The summed E-state index contributed by atoms with van der Waals surface area (Å²) in [6.07, 6.45) is 3.24. The van der Waals surface area contributed by atoms with Gasteiger partial charge in [-0.1, -0.05) is 29.8 Å². The zero-order valence-corrected chi connectivity index (χ0v) is 14.7. The van der Waals surface area contributed by atoms with Crippen molar-refractivity contribution in [3.8, 4) is 5.75 Å². The molecule has 0 saturated heterocycles. The van der Waals surface area contributed by atoms with Crippen LogP contribution in [0.3, 0.4) is 0 Å². The summed E-state index contributed by atoms with van der Waals surface area (Å²) in [6.45, 7) is 2.27. The van der Waals surface area contributed by atoms with Crippen LogP contribution in [-0.2, 0) is 6.61 Å². The highest BCUT2D eigenvalue weighted by Crippen LogP contribution is 2.24. The number of carbonyl (C=O) groups excluding carboxylic acids is 1. The van der Waals surface area contributed by atoms with Crippen LogP contribution in [0, 0.1) is 12.7 Å². The van der Waals surface area contributed by atoms with Crippen molar-refractivity contribution in [3.63, 3.8) is 0 Å². The number of ketones is 1. The Morgan fingerprint density at radius 3 is 2.74 bits per heavy atom. The molecule has 2 heterocycles. The normalized spacial score (nSPS) is 10.9. The summed E-state index contributed by atoms with van der Waals surface area (Å²) in [4.78, 5) is 19.9. The monoisotopic (exact) mass is 360 g/mol. The van der Waals surface area contributed by atoms with E-state index >= 15 is 0 Å². The van der Waals surface area contributed by atoms with Gasteiger partial charge < -0.3 is 9.72 Å². The molecule has 0 aliphatic heterocycles. The Bertz CT molecular complexity index is 1120. The lowest BCUT2D eigenvalue weighted by atomic mass is 10.0. The van der Waals surface area contributed by atoms with Gasteiger partial charge in [0, 0.05) is 28.9 Å². The highest BCUT2D eigenvalue weighted by molar-refractivity contribution is 6.15. The van der Waals surface area contributed by atoms with E-state index in [-0.39, 0.29) is 23.7 Å². The van der Waals surface area contributed by atoms with E-state index in [0.29, 0.717) is 16.6 Å². The van der Waals surface area contributed by atoms with E-state index in [1.165, 1.54) is 12.1 Å². The number of H-pyrrole nitrogens is 1. The summed E-state index contributed by atoms with van der Waals surface area (Å²) in [5, 5.41) is 0.711. The van der Waals surface area contributed by atoms with Crippen LogP contribution < -0.4 is 4.74 Å². The van der Waals surface area contributed by atoms with Crippen LogP contribution in [0.4, 0.5) is 4.39 Å². The molecule has 0 saturated carbocycles. The summed E-state index contributed by atoms with van der Waals surface area (Å²) >= 11 is 0. The number of fused-ring (bicyclic) bond motifs is 1. The molecule has 0 radical (unpaired) electrons. The third-order valence-electron chi connectivity index (χ3n) is 4.40. The Balaban J connectivity index is 1.54. The van der Waals surface area contributed by atoms with E-state index in [4.69, 9.17) is 4.74 Å². The first kappa shape index (κ1) is 17.0. The topological polar surface area (TPSA) is 55.0 Å². The molecule has 2 aromatic heterocycles. The SMILES string of the molecule is Cc1ccc(COc2ccc(C(=O)c3c[nH]c4ncccc34)cc2F)cc1. The maximum atomic E-state index is 14.4.